The number of aryl methyl sites for hydroxylation is 1. The Bertz CT molecular complexity index is 1090. The molecule has 170 valence electrons. The van der Waals surface area contributed by atoms with E-state index in [1.165, 1.54) is 5.56 Å². The van der Waals surface area contributed by atoms with Gasteiger partial charge in [0.1, 0.15) is 0 Å². The second-order valence-corrected chi connectivity index (χ2v) is 8.45. The van der Waals surface area contributed by atoms with Crippen LogP contribution in [0.15, 0.2) is 78.9 Å². The number of carbonyl (C=O) groups is 2. The molecule has 0 bridgehead atoms. The van der Waals surface area contributed by atoms with Crippen molar-refractivity contribution in [3.8, 4) is 0 Å². The van der Waals surface area contributed by atoms with Crippen LogP contribution in [0.25, 0.3) is 0 Å². The maximum absolute atomic E-state index is 13.3. The zero-order chi connectivity index (χ0) is 23.0. The van der Waals surface area contributed by atoms with Gasteiger partial charge in [-0.1, -0.05) is 73.7 Å². The molecule has 1 aliphatic rings. The van der Waals surface area contributed by atoms with Gasteiger partial charge in [0.25, 0.3) is 5.91 Å². The molecule has 4 rings (SSSR count). The van der Waals surface area contributed by atoms with Gasteiger partial charge in [0.2, 0.25) is 5.91 Å². The summed E-state index contributed by atoms with van der Waals surface area (Å²) in [4.78, 5) is 29.9. The fourth-order valence-electron chi connectivity index (χ4n) is 4.32. The molecule has 3 aromatic carbocycles. The third-order valence-corrected chi connectivity index (χ3v) is 6.18. The lowest BCUT2D eigenvalue weighted by Crippen LogP contribution is -2.50. The lowest BCUT2D eigenvalue weighted by atomic mass is 9.99. The lowest BCUT2D eigenvalue weighted by molar-refractivity contribution is -0.117. The Morgan fingerprint density at radius 3 is 2.15 bits per heavy atom. The Morgan fingerprint density at radius 2 is 1.42 bits per heavy atom. The van der Waals surface area contributed by atoms with E-state index in [-0.39, 0.29) is 11.8 Å². The van der Waals surface area contributed by atoms with Crippen molar-refractivity contribution in [3.63, 3.8) is 0 Å². The van der Waals surface area contributed by atoms with E-state index < -0.39 is 0 Å². The molecular weight excluding hydrogens is 410 g/mol. The van der Waals surface area contributed by atoms with E-state index in [9.17, 15) is 9.59 Å². The van der Waals surface area contributed by atoms with Gasteiger partial charge < -0.3 is 10.2 Å². The smallest absolute Gasteiger partial charge is 0.254 e. The maximum atomic E-state index is 13.3. The Kier molecular flexibility index (Phi) is 7.53. The number of piperazine rings is 1. The second-order valence-electron chi connectivity index (χ2n) is 8.45. The molecule has 1 saturated heterocycles. The van der Waals surface area contributed by atoms with Crippen molar-refractivity contribution in [3.05, 3.63) is 101 Å². The number of amides is 2. The summed E-state index contributed by atoms with van der Waals surface area (Å²) in [6.07, 6.45) is 1.62. The molecule has 1 aliphatic heterocycles. The number of benzene rings is 3. The zero-order valence-electron chi connectivity index (χ0n) is 19.2. The minimum atomic E-state index is -0.0103. The number of nitrogens with zero attached hydrogens (tertiary/aromatic N) is 2. The monoisotopic (exact) mass is 441 g/mol. The van der Waals surface area contributed by atoms with E-state index in [1.54, 1.807) is 0 Å². The average molecular weight is 442 g/mol. The van der Waals surface area contributed by atoms with Crippen LogP contribution < -0.4 is 5.32 Å². The standard InChI is InChI=1S/C28H31N3O2/c1-2-23-12-7-9-15-26(23)29-27(32)21-30-16-18-31(19-17-30)28(33)25-14-8-6-13-24(25)20-22-10-4-3-5-11-22/h3-15H,2,16-21H2,1H3,(H,29,32). The first-order valence-corrected chi connectivity index (χ1v) is 11.6. The van der Waals surface area contributed by atoms with Crippen molar-refractivity contribution in [1.29, 1.82) is 0 Å². The summed E-state index contributed by atoms with van der Waals surface area (Å²) >= 11 is 0. The van der Waals surface area contributed by atoms with Gasteiger partial charge in [0, 0.05) is 37.4 Å². The molecule has 1 N–H and O–H groups in total. The summed E-state index contributed by atoms with van der Waals surface area (Å²) in [5.74, 6) is 0.0615. The molecule has 2 amide bonds. The van der Waals surface area contributed by atoms with E-state index in [1.807, 2.05) is 71.6 Å². The minimum Gasteiger partial charge on any atom is -0.336 e. The van der Waals surface area contributed by atoms with Crippen molar-refractivity contribution < 1.29 is 9.59 Å². The van der Waals surface area contributed by atoms with Crippen LogP contribution in [0.1, 0.15) is 34.0 Å². The van der Waals surface area contributed by atoms with E-state index in [0.29, 0.717) is 32.7 Å². The number of anilines is 1. The average Bonchev–Trinajstić information content (AvgIpc) is 2.85. The molecule has 33 heavy (non-hydrogen) atoms. The summed E-state index contributed by atoms with van der Waals surface area (Å²) in [6, 6.07) is 26.0. The van der Waals surface area contributed by atoms with Gasteiger partial charge in [-0.05, 0) is 41.7 Å². The van der Waals surface area contributed by atoms with E-state index >= 15 is 0 Å². The second kappa shape index (κ2) is 10.9. The highest BCUT2D eigenvalue weighted by atomic mass is 16.2. The maximum Gasteiger partial charge on any atom is 0.254 e. The number of rotatable bonds is 7. The molecule has 0 spiro atoms. The van der Waals surface area contributed by atoms with Crippen molar-refractivity contribution >= 4 is 17.5 Å². The normalized spacial score (nSPS) is 14.2. The van der Waals surface area contributed by atoms with Gasteiger partial charge in [0.05, 0.1) is 6.54 Å². The summed E-state index contributed by atoms with van der Waals surface area (Å²) in [6.45, 7) is 5.05. The van der Waals surface area contributed by atoms with Crippen LogP contribution in [-0.2, 0) is 17.6 Å². The highest BCUT2D eigenvalue weighted by molar-refractivity contribution is 5.96. The summed E-state index contributed by atoms with van der Waals surface area (Å²) < 4.78 is 0. The molecule has 0 aliphatic carbocycles. The van der Waals surface area contributed by atoms with Crippen molar-refractivity contribution in [2.45, 2.75) is 19.8 Å². The molecule has 3 aromatic rings. The first kappa shape index (κ1) is 22.7. The molecule has 5 heteroatoms. The van der Waals surface area contributed by atoms with E-state index in [4.69, 9.17) is 0 Å². The van der Waals surface area contributed by atoms with Crippen LogP contribution in [0.4, 0.5) is 5.69 Å². The Hall–Kier alpha value is -3.44. The number of para-hydroxylation sites is 1. The third kappa shape index (κ3) is 5.88. The highest BCUT2D eigenvalue weighted by Gasteiger charge is 2.24. The van der Waals surface area contributed by atoms with Gasteiger partial charge in [-0.15, -0.1) is 0 Å². The topological polar surface area (TPSA) is 52.7 Å². The van der Waals surface area contributed by atoms with Crippen molar-refractivity contribution in [2.24, 2.45) is 0 Å². The SMILES string of the molecule is CCc1ccccc1NC(=O)CN1CCN(C(=O)c2ccccc2Cc2ccccc2)CC1. The largest absolute Gasteiger partial charge is 0.336 e. The first-order chi connectivity index (χ1) is 16.1. The van der Waals surface area contributed by atoms with Crippen LogP contribution in [0.5, 0.6) is 0 Å². The highest BCUT2D eigenvalue weighted by Crippen LogP contribution is 2.18. The molecule has 1 fully saturated rings. The number of hydrogen-bond donors (Lipinski definition) is 1. The quantitative estimate of drug-likeness (QED) is 0.597. The zero-order valence-corrected chi connectivity index (χ0v) is 19.2. The molecule has 5 nitrogen and oxygen atoms in total. The van der Waals surface area contributed by atoms with Crippen LogP contribution in [-0.4, -0.2) is 54.3 Å². The molecule has 0 aromatic heterocycles. The van der Waals surface area contributed by atoms with Gasteiger partial charge in [-0.2, -0.15) is 0 Å². The Balaban J connectivity index is 1.33. The Morgan fingerprint density at radius 1 is 0.788 bits per heavy atom. The lowest BCUT2D eigenvalue weighted by Gasteiger charge is -2.34. The van der Waals surface area contributed by atoms with Crippen molar-refractivity contribution in [1.82, 2.24) is 9.80 Å². The number of hydrogen-bond acceptors (Lipinski definition) is 3. The number of carbonyl (C=O) groups excluding carboxylic acids is 2. The predicted molar refractivity (Wildman–Crippen MR) is 132 cm³/mol. The predicted octanol–water partition coefficient (Wildman–Crippen LogP) is 4.24. The molecule has 0 atom stereocenters. The van der Waals surface area contributed by atoms with Gasteiger partial charge >= 0.3 is 0 Å². The summed E-state index contributed by atoms with van der Waals surface area (Å²) in [7, 11) is 0. The van der Waals surface area contributed by atoms with Gasteiger partial charge in [0.15, 0.2) is 0 Å². The molecule has 0 unspecified atom stereocenters. The summed E-state index contributed by atoms with van der Waals surface area (Å²) in [5.41, 5.74) is 5.02. The van der Waals surface area contributed by atoms with Crippen LogP contribution in [0, 0.1) is 0 Å². The van der Waals surface area contributed by atoms with Crippen LogP contribution in [0.3, 0.4) is 0 Å². The molecule has 1 heterocycles. The van der Waals surface area contributed by atoms with E-state index in [0.717, 1.165) is 35.2 Å². The molecule has 0 saturated carbocycles. The van der Waals surface area contributed by atoms with Crippen LogP contribution >= 0.6 is 0 Å². The molecular formula is C28H31N3O2. The fourth-order valence-corrected chi connectivity index (χ4v) is 4.32. The fraction of sp³-hybridized carbons (Fsp3) is 0.286. The third-order valence-electron chi connectivity index (χ3n) is 6.18. The van der Waals surface area contributed by atoms with E-state index in [2.05, 4.69) is 29.3 Å². The molecule has 0 radical (unpaired) electrons. The van der Waals surface area contributed by atoms with Crippen LogP contribution in [0.2, 0.25) is 0 Å². The number of nitrogens with one attached hydrogen (secondary N) is 1. The van der Waals surface area contributed by atoms with Crippen molar-refractivity contribution in [2.75, 3.05) is 38.0 Å². The summed E-state index contributed by atoms with van der Waals surface area (Å²) in [5, 5.41) is 3.04. The van der Waals surface area contributed by atoms with Gasteiger partial charge in [-0.3, -0.25) is 14.5 Å². The van der Waals surface area contributed by atoms with Gasteiger partial charge in [-0.25, -0.2) is 0 Å². The minimum absolute atomic E-state index is 0.0103. The Labute approximate surface area is 196 Å². The first-order valence-electron chi connectivity index (χ1n) is 11.6.